The molecule has 1 aliphatic heterocycles. The molecule has 7 nitrogen and oxygen atoms in total. The molecule has 1 aromatic heterocycles. The molecule has 0 aliphatic carbocycles. The van der Waals surface area contributed by atoms with Crippen LogP contribution in [0, 0.1) is 0 Å². The molecule has 1 atom stereocenters. The zero-order chi connectivity index (χ0) is 16.9. The van der Waals surface area contributed by atoms with Gasteiger partial charge in [0.2, 0.25) is 0 Å². The van der Waals surface area contributed by atoms with E-state index in [1.54, 1.807) is 12.5 Å². The Balaban J connectivity index is 1.62. The average Bonchev–Trinajstić information content (AvgIpc) is 3.16. The Kier molecular flexibility index (Phi) is 4.88. The van der Waals surface area contributed by atoms with E-state index < -0.39 is 0 Å². The summed E-state index contributed by atoms with van der Waals surface area (Å²) >= 11 is 0. The van der Waals surface area contributed by atoms with Gasteiger partial charge in [-0.25, -0.2) is 9.78 Å². The van der Waals surface area contributed by atoms with Gasteiger partial charge in [-0.15, -0.1) is 0 Å². The summed E-state index contributed by atoms with van der Waals surface area (Å²) in [5, 5.41) is 5.66. The number of nitrogens with zero attached hydrogens (tertiary/aromatic N) is 2. The number of nitrogens with one attached hydrogen (secondary N) is 2. The Bertz CT molecular complexity index is 700. The van der Waals surface area contributed by atoms with Gasteiger partial charge in [-0.2, -0.15) is 0 Å². The molecule has 0 saturated heterocycles. The minimum atomic E-state index is -0.276. The van der Waals surface area contributed by atoms with Crippen LogP contribution in [0.5, 0.6) is 11.5 Å². The lowest BCUT2D eigenvalue weighted by Crippen LogP contribution is -2.31. The number of hydrogen-bond donors (Lipinski definition) is 2. The lowest BCUT2D eigenvalue weighted by atomic mass is 10.1. The van der Waals surface area contributed by atoms with Crippen LogP contribution >= 0.6 is 0 Å². The Morgan fingerprint density at radius 2 is 2.38 bits per heavy atom. The monoisotopic (exact) mass is 330 g/mol. The van der Waals surface area contributed by atoms with E-state index in [0.717, 1.165) is 17.7 Å². The summed E-state index contributed by atoms with van der Waals surface area (Å²) in [6, 6.07) is 3.50. The molecule has 2 N–H and O–H groups in total. The van der Waals surface area contributed by atoms with Crippen molar-refractivity contribution in [3.63, 3.8) is 0 Å². The molecule has 2 aromatic rings. The van der Waals surface area contributed by atoms with Crippen molar-refractivity contribution in [2.75, 3.05) is 18.5 Å². The van der Waals surface area contributed by atoms with Crippen LogP contribution < -0.4 is 20.1 Å². The summed E-state index contributed by atoms with van der Waals surface area (Å²) in [7, 11) is 0. The van der Waals surface area contributed by atoms with Crippen LogP contribution in [0.1, 0.15) is 19.4 Å². The van der Waals surface area contributed by atoms with Crippen molar-refractivity contribution < 1.29 is 14.3 Å². The van der Waals surface area contributed by atoms with Crippen molar-refractivity contribution >= 4 is 11.7 Å². The average molecular weight is 330 g/mol. The number of hydrogen-bond acceptors (Lipinski definition) is 4. The number of fused-ring (bicyclic) bond motifs is 1. The van der Waals surface area contributed by atoms with Gasteiger partial charge in [-0.3, -0.25) is 0 Å². The van der Waals surface area contributed by atoms with Crippen LogP contribution in [0.4, 0.5) is 10.5 Å². The number of anilines is 1. The quantitative estimate of drug-likeness (QED) is 0.853. The van der Waals surface area contributed by atoms with Crippen LogP contribution in [-0.4, -0.2) is 34.8 Å². The second kappa shape index (κ2) is 7.25. The topological polar surface area (TPSA) is 77.4 Å². The van der Waals surface area contributed by atoms with Crippen LogP contribution in [0.25, 0.3) is 0 Å². The normalized spacial score (nSPS) is 15.5. The maximum Gasteiger partial charge on any atom is 0.319 e. The number of carbonyl (C=O) groups excluding carboxylic acids is 1. The van der Waals surface area contributed by atoms with Crippen molar-refractivity contribution in [2.24, 2.45) is 0 Å². The summed E-state index contributed by atoms with van der Waals surface area (Å²) < 4.78 is 13.3. The first-order valence-electron chi connectivity index (χ1n) is 8.12. The van der Waals surface area contributed by atoms with Gasteiger partial charge < -0.3 is 24.7 Å². The highest BCUT2D eigenvalue weighted by Crippen LogP contribution is 2.37. The van der Waals surface area contributed by atoms with E-state index in [1.165, 1.54) is 0 Å². The molecule has 2 heterocycles. The number of ether oxygens (including phenoxy) is 2. The summed E-state index contributed by atoms with van der Waals surface area (Å²) in [6.45, 7) is 5.64. The van der Waals surface area contributed by atoms with Crippen LogP contribution in [-0.2, 0) is 13.0 Å². The molecule has 1 aromatic carbocycles. The van der Waals surface area contributed by atoms with Gasteiger partial charge in [0.05, 0.1) is 18.6 Å². The van der Waals surface area contributed by atoms with Gasteiger partial charge >= 0.3 is 6.03 Å². The maximum absolute atomic E-state index is 12.1. The Morgan fingerprint density at radius 3 is 3.12 bits per heavy atom. The molecule has 0 fully saturated rings. The molecule has 0 bridgehead atoms. The smallest absolute Gasteiger partial charge is 0.319 e. The third-order valence-corrected chi connectivity index (χ3v) is 3.76. The molecular weight excluding hydrogens is 308 g/mol. The fourth-order valence-electron chi connectivity index (χ4n) is 2.70. The number of carbonyl (C=O) groups is 1. The third kappa shape index (κ3) is 3.79. The summed E-state index contributed by atoms with van der Waals surface area (Å²) in [5.74, 6) is 1.47. The number of amides is 2. The molecule has 7 heteroatoms. The summed E-state index contributed by atoms with van der Waals surface area (Å²) in [4.78, 5) is 16.1. The van der Waals surface area contributed by atoms with Gasteiger partial charge in [-0.1, -0.05) is 0 Å². The van der Waals surface area contributed by atoms with Crippen LogP contribution in [0.15, 0.2) is 30.9 Å². The number of aromatic nitrogens is 2. The summed E-state index contributed by atoms with van der Waals surface area (Å²) in [5.41, 5.74) is 1.72. The Hall–Kier alpha value is -2.70. The molecule has 0 radical (unpaired) electrons. The van der Waals surface area contributed by atoms with E-state index in [-0.39, 0.29) is 12.1 Å². The first kappa shape index (κ1) is 16.2. The predicted octanol–water partition coefficient (Wildman–Crippen LogP) is 2.43. The molecular formula is C17H22N4O3. The van der Waals surface area contributed by atoms with Crippen molar-refractivity contribution in [3.8, 4) is 11.5 Å². The lowest BCUT2D eigenvalue weighted by Gasteiger charge is -2.14. The molecule has 1 aliphatic rings. The zero-order valence-electron chi connectivity index (χ0n) is 13.9. The lowest BCUT2D eigenvalue weighted by molar-refractivity contribution is 0.251. The molecule has 128 valence electrons. The number of rotatable bonds is 6. The van der Waals surface area contributed by atoms with Crippen molar-refractivity contribution in [1.29, 1.82) is 0 Å². The SMILES string of the molecule is CCOc1cc2c(cc1NC(=O)NCCn1ccnc1)O[C@H](C)C2. The van der Waals surface area contributed by atoms with Crippen LogP contribution in [0.2, 0.25) is 0 Å². The molecule has 0 saturated carbocycles. The molecule has 0 unspecified atom stereocenters. The van der Waals surface area contributed by atoms with E-state index in [9.17, 15) is 4.79 Å². The minimum Gasteiger partial charge on any atom is -0.492 e. The number of urea groups is 1. The van der Waals surface area contributed by atoms with Gasteiger partial charge in [-0.05, 0) is 19.9 Å². The standard InChI is InChI=1S/C17H22N4O3/c1-3-23-16-9-13-8-12(2)24-15(13)10-14(16)20-17(22)19-5-7-21-6-4-18-11-21/h4,6,9-12H,3,5,7-8H2,1-2H3,(H2,19,20,22)/t12-/m1/s1. The largest absolute Gasteiger partial charge is 0.492 e. The van der Waals surface area contributed by atoms with E-state index >= 15 is 0 Å². The summed E-state index contributed by atoms with van der Waals surface area (Å²) in [6.07, 6.45) is 6.28. The highest BCUT2D eigenvalue weighted by atomic mass is 16.5. The first-order valence-corrected chi connectivity index (χ1v) is 8.12. The molecule has 0 spiro atoms. The van der Waals surface area contributed by atoms with Crippen LogP contribution in [0.3, 0.4) is 0 Å². The Labute approximate surface area is 141 Å². The van der Waals surface area contributed by atoms with E-state index in [0.29, 0.717) is 31.1 Å². The van der Waals surface area contributed by atoms with E-state index in [2.05, 4.69) is 15.6 Å². The van der Waals surface area contributed by atoms with Gasteiger partial charge in [0, 0.05) is 43.5 Å². The van der Waals surface area contributed by atoms with Crippen molar-refractivity contribution in [2.45, 2.75) is 32.9 Å². The predicted molar refractivity (Wildman–Crippen MR) is 90.7 cm³/mol. The highest BCUT2D eigenvalue weighted by Gasteiger charge is 2.22. The molecule has 3 rings (SSSR count). The minimum absolute atomic E-state index is 0.147. The fourth-order valence-corrected chi connectivity index (χ4v) is 2.70. The van der Waals surface area contributed by atoms with E-state index in [4.69, 9.17) is 9.47 Å². The van der Waals surface area contributed by atoms with Crippen molar-refractivity contribution in [1.82, 2.24) is 14.9 Å². The second-order valence-corrected chi connectivity index (χ2v) is 5.70. The third-order valence-electron chi connectivity index (χ3n) is 3.76. The Morgan fingerprint density at radius 1 is 1.50 bits per heavy atom. The fraction of sp³-hybridized carbons (Fsp3) is 0.412. The first-order chi connectivity index (χ1) is 11.7. The highest BCUT2D eigenvalue weighted by molar-refractivity contribution is 5.91. The van der Waals surface area contributed by atoms with Crippen molar-refractivity contribution in [3.05, 3.63) is 36.4 Å². The van der Waals surface area contributed by atoms with Gasteiger partial charge in [0.25, 0.3) is 0 Å². The molecule has 24 heavy (non-hydrogen) atoms. The number of benzene rings is 1. The van der Waals surface area contributed by atoms with Gasteiger partial charge in [0.1, 0.15) is 17.6 Å². The van der Waals surface area contributed by atoms with Gasteiger partial charge in [0.15, 0.2) is 0 Å². The maximum atomic E-state index is 12.1. The zero-order valence-corrected chi connectivity index (χ0v) is 13.9. The van der Waals surface area contributed by atoms with E-state index in [1.807, 2.05) is 36.7 Å². The second-order valence-electron chi connectivity index (χ2n) is 5.70. The number of imidazole rings is 1. The molecule has 2 amide bonds.